The maximum atomic E-state index is 12.3. The van der Waals surface area contributed by atoms with Gasteiger partial charge in [0.1, 0.15) is 5.01 Å². The summed E-state index contributed by atoms with van der Waals surface area (Å²) in [4.78, 5) is 17.0. The highest BCUT2D eigenvalue weighted by Gasteiger charge is 2.15. The highest BCUT2D eigenvalue weighted by Crippen LogP contribution is 2.36. The van der Waals surface area contributed by atoms with Gasteiger partial charge < -0.3 is 9.47 Å². The predicted octanol–water partition coefficient (Wildman–Crippen LogP) is 5.84. The lowest BCUT2D eigenvalue weighted by molar-refractivity contribution is 0.0730. The van der Waals surface area contributed by atoms with Crippen molar-refractivity contribution in [2.75, 3.05) is 7.11 Å². The maximum absolute atomic E-state index is 12.3. The Balaban J connectivity index is 1.63. The quantitative estimate of drug-likeness (QED) is 0.321. The molecular weight excluding hydrogens is 382 g/mol. The van der Waals surface area contributed by atoms with Gasteiger partial charge >= 0.3 is 5.97 Å². The number of hydrogen-bond donors (Lipinski definition) is 0. The van der Waals surface area contributed by atoms with E-state index in [1.165, 1.54) is 7.11 Å². The molecule has 0 aliphatic rings. The Morgan fingerprint density at radius 3 is 2.52 bits per heavy atom. The number of hydrogen-bond acceptors (Lipinski definition) is 5. The first-order chi connectivity index (χ1) is 13.1. The number of carbonyl (C=O) groups excluding carboxylic acids is 1. The van der Waals surface area contributed by atoms with Gasteiger partial charge in [0, 0.05) is 10.6 Å². The van der Waals surface area contributed by atoms with Gasteiger partial charge in [-0.05, 0) is 54.6 Å². The normalized spacial score (nSPS) is 10.7. The second kappa shape index (κ2) is 7.39. The predicted molar refractivity (Wildman–Crippen MR) is 108 cm³/mol. The summed E-state index contributed by atoms with van der Waals surface area (Å²) in [7, 11) is 1.54. The van der Waals surface area contributed by atoms with Gasteiger partial charge in [-0.1, -0.05) is 23.7 Å². The highest BCUT2D eigenvalue weighted by atomic mass is 35.5. The van der Waals surface area contributed by atoms with E-state index in [9.17, 15) is 4.79 Å². The van der Waals surface area contributed by atoms with Crippen LogP contribution in [0.15, 0.2) is 66.7 Å². The SMILES string of the molecule is COc1cc(-c2nc3ccccc3s2)ccc1OC(=O)c1ccc(Cl)cc1. The number of fused-ring (bicyclic) bond motifs is 1. The van der Waals surface area contributed by atoms with Crippen LogP contribution in [0.2, 0.25) is 5.02 Å². The zero-order valence-corrected chi connectivity index (χ0v) is 15.9. The fourth-order valence-corrected chi connectivity index (χ4v) is 3.71. The van der Waals surface area contributed by atoms with Crippen LogP contribution in [0.25, 0.3) is 20.8 Å². The summed E-state index contributed by atoms with van der Waals surface area (Å²) >= 11 is 7.45. The number of benzene rings is 3. The Labute approximate surface area is 165 Å². The van der Waals surface area contributed by atoms with Gasteiger partial charge in [0.2, 0.25) is 0 Å². The molecule has 4 aromatic rings. The minimum absolute atomic E-state index is 0.349. The summed E-state index contributed by atoms with van der Waals surface area (Å²) in [6.45, 7) is 0. The van der Waals surface area contributed by atoms with Gasteiger partial charge in [-0.2, -0.15) is 0 Å². The molecule has 3 aromatic carbocycles. The third-order valence-electron chi connectivity index (χ3n) is 3.99. The monoisotopic (exact) mass is 395 g/mol. The summed E-state index contributed by atoms with van der Waals surface area (Å²) in [6.07, 6.45) is 0. The zero-order chi connectivity index (χ0) is 18.8. The minimum atomic E-state index is -0.474. The summed E-state index contributed by atoms with van der Waals surface area (Å²) in [6, 6.07) is 19.9. The Bertz CT molecular complexity index is 1090. The van der Waals surface area contributed by atoms with Gasteiger partial charge in [-0.15, -0.1) is 11.3 Å². The molecule has 6 heteroatoms. The number of methoxy groups -OCH3 is 1. The fraction of sp³-hybridized carbons (Fsp3) is 0.0476. The Morgan fingerprint density at radius 1 is 1.00 bits per heavy atom. The Kier molecular flexibility index (Phi) is 4.79. The number of para-hydroxylation sites is 1. The lowest BCUT2D eigenvalue weighted by atomic mass is 10.2. The molecule has 27 heavy (non-hydrogen) atoms. The molecule has 0 fully saturated rings. The molecule has 4 rings (SSSR count). The summed E-state index contributed by atoms with van der Waals surface area (Å²) in [5, 5.41) is 1.44. The van der Waals surface area contributed by atoms with E-state index in [0.717, 1.165) is 20.8 Å². The third-order valence-corrected chi connectivity index (χ3v) is 5.32. The van der Waals surface area contributed by atoms with E-state index < -0.39 is 5.97 Å². The molecule has 0 unspecified atom stereocenters. The van der Waals surface area contributed by atoms with Crippen LogP contribution in [0.4, 0.5) is 0 Å². The van der Waals surface area contributed by atoms with Crippen molar-refractivity contribution in [3.8, 4) is 22.1 Å². The number of esters is 1. The smallest absolute Gasteiger partial charge is 0.343 e. The number of ether oxygens (including phenoxy) is 2. The van der Waals surface area contributed by atoms with Crippen molar-refractivity contribution in [1.29, 1.82) is 0 Å². The van der Waals surface area contributed by atoms with E-state index in [1.807, 2.05) is 36.4 Å². The van der Waals surface area contributed by atoms with Crippen molar-refractivity contribution in [2.45, 2.75) is 0 Å². The molecule has 4 nitrogen and oxygen atoms in total. The number of thiazole rings is 1. The second-order valence-corrected chi connectivity index (χ2v) is 7.22. The molecule has 0 saturated heterocycles. The molecule has 1 heterocycles. The molecule has 0 aliphatic heterocycles. The molecule has 0 atom stereocenters. The van der Waals surface area contributed by atoms with Gasteiger partial charge in [0.05, 0.1) is 22.9 Å². The number of halogens is 1. The van der Waals surface area contributed by atoms with Crippen LogP contribution < -0.4 is 9.47 Å². The first kappa shape index (κ1) is 17.5. The van der Waals surface area contributed by atoms with Gasteiger partial charge in [-0.3, -0.25) is 0 Å². The number of carbonyl (C=O) groups is 1. The van der Waals surface area contributed by atoms with Crippen LogP contribution in [-0.2, 0) is 0 Å². The lowest BCUT2D eigenvalue weighted by Crippen LogP contribution is -2.09. The Hall–Kier alpha value is -2.89. The van der Waals surface area contributed by atoms with E-state index in [-0.39, 0.29) is 0 Å². The van der Waals surface area contributed by atoms with Gasteiger partial charge in [0.25, 0.3) is 0 Å². The largest absolute Gasteiger partial charge is 0.493 e. The van der Waals surface area contributed by atoms with Crippen LogP contribution in [0.5, 0.6) is 11.5 Å². The van der Waals surface area contributed by atoms with Gasteiger partial charge in [0.15, 0.2) is 11.5 Å². The minimum Gasteiger partial charge on any atom is -0.493 e. The topological polar surface area (TPSA) is 48.4 Å². The Morgan fingerprint density at radius 2 is 1.78 bits per heavy atom. The summed E-state index contributed by atoms with van der Waals surface area (Å²) in [5.74, 6) is 0.342. The van der Waals surface area contributed by atoms with Crippen LogP contribution in [0.1, 0.15) is 10.4 Å². The average molecular weight is 396 g/mol. The molecule has 0 bridgehead atoms. The first-order valence-corrected chi connectivity index (χ1v) is 9.35. The molecule has 0 amide bonds. The summed E-state index contributed by atoms with van der Waals surface area (Å²) in [5.41, 5.74) is 2.27. The maximum Gasteiger partial charge on any atom is 0.343 e. The van der Waals surface area contributed by atoms with Crippen molar-refractivity contribution in [1.82, 2.24) is 4.98 Å². The van der Waals surface area contributed by atoms with E-state index >= 15 is 0 Å². The second-order valence-electron chi connectivity index (χ2n) is 5.75. The van der Waals surface area contributed by atoms with E-state index in [2.05, 4.69) is 4.98 Å². The lowest BCUT2D eigenvalue weighted by Gasteiger charge is -2.10. The van der Waals surface area contributed by atoms with Gasteiger partial charge in [-0.25, -0.2) is 9.78 Å². The van der Waals surface area contributed by atoms with Crippen LogP contribution in [-0.4, -0.2) is 18.1 Å². The summed E-state index contributed by atoms with van der Waals surface area (Å²) < 4.78 is 12.0. The van der Waals surface area contributed by atoms with E-state index in [4.69, 9.17) is 21.1 Å². The van der Waals surface area contributed by atoms with Crippen molar-refractivity contribution in [3.05, 3.63) is 77.3 Å². The first-order valence-electron chi connectivity index (χ1n) is 8.16. The van der Waals surface area contributed by atoms with Crippen LogP contribution in [0, 0.1) is 0 Å². The molecule has 0 saturated carbocycles. The van der Waals surface area contributed by atoms with Crippen molar-refractivity contribution < 1.29 is 14.3 Å². The van der Waals surface area contributed by atoms with Crippen molar-refractivity contribution >= 4 is 39.1 Å². The average Bonchev–Trinajstić information content (AvgIpc) is 3.13. The third kappa shape index (κ3) is 3.65. The fourth-order valence-electron chi connectivity index (χ4n) is 2.63. The van der Waals surface area contributed by atoms with E-state index in [1.54, 1.807) is 41.7 Å². The molecule has 134 valence electrons. The molecular formula is C21H14ClNO3S. The van der Waals surface area contributed by atoms with Crippen LogP contribution >= 0.6 is 22.9 Å². The molecule has 0 N–H and O–H groups in total. The standard InChI is InChI=1S/C21H14ClNO3S/c1-25-18-12-14(20-23-16-4-2-3-5-19(16)27-20)8-11-17(18)26-21(24)13-6-9-15(22)10-7-13/h2-12H,1H3. The highest BCUT2D eigenvalue weighted by molar-refractivity contribution is 7.21. The van der Waals surface area contributed by atoms with Crippen LogP contribution in [0.3, 0.4) is 0 Å². The zero-order valence-electron chi connectivity index (χ0n) is 14.3. The molecule has 0 spiro atoms. The van der Waals surface area contributed by atoms with Crippen molar-refractivity contribution in [3.63, 3.8) is 0 Å². The van der Waals surface area contributed by atoms with E-state index in [0.29, 0.717) is 22.1 Å². The number of aromatic nitrogens is 1. The number of nitrogens with zero attached hydrogens (tertiary/aromatic N) is 1. The number of rotatable bonds is 4. The molecule has 0 radical (unpaired) electrons. The molecule has 0 aliphatic carbocycles. The molecule has 1 aromatic heterocycles. The van der Waals surface area contributed by atoms with Crippen molar-refractivity contribution in [2.24, 2.45) is 0 Å².